The number of carbonyl (C=O) groups excluding carboxylic acids is 2. The highest BCUT2D eigenvalue weighted by Gasteiger charge is 2.28. The fourth-order valence-electron chi connectivity index (χ4n) is 2.98. The fourth-order valence-corrected chi connectivity index (χ4v) is 2.98. The fraction of sp³-hybridized carbons (Fsp3) is 0.556. The van der Waals surface area contributed by atoms with Gasteiger partial charge < -0.3 is 24.6 Å². The molecular weight excluding hydrogens is 322 g/mol. The summed E-state index contributed by atoms with van der Waals surface area (Å²) < 4.78 is 10.5. The molecule has 1 fully saturated rings. The predicted octanol–water partition coefficient (Wildman–Crippen LogP) is 0.844. The molecule has 2 amide bonds. The SMILES string of the molecule is CNCC(C)C(=O)N1CCN(C(=O)c2ccc(OC)cc2OC)CC1. The monoisotopic (exact) mass is 349 g/mol. The van der Waals surface area contributed by atoms with Crippen molar-refractivity contribution in [1.29, 1.82) is 0 Å². The van der Waals surface area contributed by atoms with Crippen LogP contribution in [-0.4, -0.2) is 75.6 Å². The molecule has 0 radical (unpaired) electrons. The van der Waals surface area contributed by atoms with Crippen LogP contribution in [0.1, 0.15) is 17.3 Å². The lowest BCUT2D eigenvalue weighted by atomic mass is 10.1. The molecule has 2 rings (SSSR count). The molecule has 1 saturated heterocycles. The Morgan fingerprint density at radius 2 is 1.76 bits per heavy atom. The van der Waals surface area contributed by atoms with E-state index in [1.807, 2.05) is 18.9 Å². The second kappa shape index (κ2) is 8.71. The number of ether oxygens (including phenoxy) is 2. The summed E-state index contributed by atoms with van der Waals surface area (Å²) in [4.78, 5) is 28.7. The van der Waals surface area contributed by atoms with E-state index in [0.717, 1.165) is 0 Å². The van der Waals surface area contributed by atoms with Crippen molar-refractivity contribution in [2.75, 3.05) is 54.0 Å². The molecule has 0 bridgehead atoms. The molecule has 0 aliphatic carbocycles. The number of carbonyl (C=O) groups is 2. The topological polar surface area (TPSA) is 71.1 Å². The van der Waals surface area contributed by atoms with E-state index < -0.39 is 0 Å². The maximum atomic E-state index is 12.8. The normalized spacial score (nSPS) is 15.7. The van der Waals surface area contributed by atoms with Crippen molar-refractivity contribution in [3.05, 3.63) is 23.8 Å². The molecule has 1 aliphatic rings. The Kier molecular flexibility index (Phi) is 6.64. The van der Waals surface area contributed by atoms with Crippen LogP contribution in [0.3, 0.4) is 0 Å². The standard InChI is InChI=1S/C18H27N3O4/c1-13(12-19-2)17(22)20-7-9-21(10-8-20)18(23)15-6-5-14(24-3)11-16(15)25-4/h5-6,11,13,19H,7-10,12H2,1-4H3. The number of hydrogen-bond donors (Lipinski definition) is 1. The average molecular weight is 349 g/mol. The number of benzene rings is 1. The molecule has 1 atom stereocenters. The van der Waals surface area contributed by atoms with E-state index in [-0.39, 0.29) is 17.7 Å². The maximum absolute atomic E-state index is 12.8. The van der Waals surface area contributed by atoms with Gasteiger partial charge in [-0.1, -0.05) is 6.92 Å². The summed E-state index contributed by atoms with van der Waals surface area (Å²) in [6, 6.07) is 5.16. The molecule has 0 aromatic heterocycles. The lowest BCUT2D eigenvalue weighted by Gasteiger charge is -2.36. The van der Waals surface area contributed by atoms with Gasteiger partial charge in [0.25, 0.3) is 5.91 Å². The highest BCUT2D eigenvalue weighted by Crippen LogP contribution is 2.26. The molecule has 7 nitrogen and oxygen atoms in total. The van der Waals surface area contributed by atoms with Gasteiger partial charge in [-0.25, -0.2) is 0 Å². The molecule has 138 valence electrons. The number of piperazine rings is 1. The van der Waals surface area contributed by atoms with Crippen LogP contribution in [0, 0.1) is 5.92 Å². The Balaban J connectivity index is 2.01. The number of methoxy groups -OCH3 is 2. The number of nitrogens with one attached hydrogen (secondary N) is 1. The Morgan fingerprint density at radius 1 is 1.12 bits per heavy atom. The first kappa shape index (κ1) is 19.1. The number of amides is 2. The second-order valence-electron chi connectivity index (χ2n) is 6.14. The number of hydrogen-bond acceptors (Lipinski definition) is 5. The van der Waals surface area contributed by atoms with E-state index in [0.29, 0.717) is 49.8 Å². The molecule has 0 spiro atoms. The van der Waals surface area contributed by atoms with Gasteiger partial charge in [-0.3, -0.25) is 9.59 Å². The zero-order valence-corrected chi connectivity index (χ0v) is 15.4. The third-order valence-electron chi connectivity index (χ3n) is 4.45. The minimum Gasteiger partial charge on any atom is -0.497 e. The van der Waals surface area contributed by atoms with Crippen molar-refractivity contribution in [3.63, 3.8) is 0 Å². The summed E-state index contributed by atoms with van der Waals surface area (Å²) in [5.74, 6) is 1.11. The predicted molar refractivity (Wildman–Crippen MR) is 95.1 cm³/mol. The van der Waals surface area contributed by atoms with Crippen molar-refractivity contribution < 1.29 is 19.1 Å². The van der Waals surface area contributed by atoms with Crippen LogP contribution in [0.4, 0.5) is 0 Å². The summed E-state index contributed by atoms with van der Waals surface area (Å²) in [6.45, 7) is 4.71. The van der Waals surface area contributed by atoms with Gasteiger partial charge in [-0.15, -0.1) is 0 Å². The number of nitrogens with zero attached hydrogens (tertiary/aromatic N) is 2. The van der Waals surface area contributed by atoms with Crippen molar-refractivity contribution >= 4 is 11.8 Å². The zero-order chi connectivity index (χ0) is 18.4. The summed E-state index contributed by atoms with van der Waals surface area (Å²) in [5, 5.41) is 3.02. The lowest BCUT2D eigenvalue weighted by Crippen LogP contribution is -2.52. The Hall–Kier alpha value is -2.28. The first-order valence-electron chi connectivity index (χ1n) is 8.46. The molecule has 1 aliphatic heterocycles. The Labute approximate surface area is 148 Å². The van der Waals surface area contributed by atoms with Gasteiger partial charge in [0.1, 0.15) is 11.5 Å². The smallest absolute Gasteiger partial charge is 0.257 e. The van der Waals surface area contributed by atoms with Gasteiger partial charge in [0.15, 0.2) is 0 Å². The Bertz CT molecular complexity index is 612. The molecule has 7 heteroatoms. The maximum Gasteiger partial charge on any atom is 0.257 e. The quantitative estimate of drug-likeness (QED) is 0.824. The van der Waals surface area contributed by atoms with Crippen molar-refractivity contribution in [1.82, 2.24) is 15.1 Å². The lowest BCUT2D eigenvalue weighted by molar-refractivity contribution is -0.136. The van der Waals surface area contributed by atoms with E-state index in [9.17, 15) is 9.59 Å². The van der Waals surface area contributed by atoms with Gasteiger partial charge >= 0.3 is 0 Å². The third kappa shape index (κ3) is 4.42. The molecule has 1 aromatic rings. The highest BCUT2D eigenvalue weighted by molar-refractivity contribution is 5.97. The first-order chi connectivity index (χ1) is 12.0. The van der Waals surface area contributed by atoms with E-state index in [2.05, 4.69) is 5.32 Å². The van der Waals surface area contributed by atoms with Crippen LogP contribution in [0.25, 0.3) is 0 Å². The second-order valence-corrected chi connectivity index (χ2v) is 6.14. The summed E-state index contributed by atoms with van der Waals surface area (Å²) >= 11 is 0. The minimum absolute atomic E-state index is 0.0612. The third-order valence-corrected chi connectivity index (χ3v) is 4.45. The first-order valence-corrected chi connectivity index (χ1v) is 8.46. The van der Waals surface area contributed by atoms with Crippen molar-refractivity contribution in [2.24, 2.45) is 5.92 Å². The highest BCUT2D eigenvalue weighted by atomic mass is 16.5. The summed E-state index contributed by atoms with van der Waals surface area (Å²) in [7, 11) is 4.94. The minimum atomic E-state index is -0.0881. The van der Waals surface area contributed by atoms with E-state index >= 15 is 0 Å². The molecule has 1 unspecified atom stereocenters. The zero-order valence-electron chi connectivity index (χ0n) is 15.4. The van der Waals surface area contributed by atoms with Crippen molar-refractivity contribution in [2.45, 2.75) is 6.92 Å². The Morgan fingerprint density at radius 3 is 2.32 bits per heavy atom. The van der Waals surface area contributed by atoms with Gasteiger partial charge in [-0.2, -0.15) is 0 Å². The molecular formula is C18H27N3O4. The van der Waals surface area contributed by atoms with E-state index in [1.54, 1.807) is 30.2 Å². The molecule has 1 N–H and O–H groups in total. The molecule has 1 heterocycles. The van der Waals surface area contributed by atoms with E-state index in [4.69, 9.17) is 9.47 Å². The van der Waals surface area contributed by atoms with Crippen molar-refractivity contribution in [3.8, 4) is 11.5 Å². The summed E-state index contributed by atoms with van der Waals surface area (Å²) in [6.07, 6.45) is 0. The van der Waals surface area contributed by atoms with Crippen LogP contribution < -0.4 is 14.8 Å². The van der Waals surface area contributed by atoms with Gasteiger partial charge in [0, 0.05) is 44.7 Å². The number of rotatable bonds is 6. The summed E-state index contributed by atoms with van der Waals surface area (Å²) in [5.41, 5.74) is 0.506. The van der Waals surface area contributed by atoms with E-state index in [1.165, 1.54) is 7.11 Å². The molecule has 1 aromatic carbocycles. The average Bonchev–Trinajstić information content (AvgIpc) is 2.66. The van der Waals surface area contributed by atoms with Crippen LogP contribution in [-0.2, 0) is 4.79 Å². The van der Waals surface area contributed by atoms with Gasteiger partial charge in [0.2, 0.25) is 5.91 Å². The van der Waals surface area contributed by atoms with Gasteiger partial charge in [-0.05, 0) is 19.2 Å². The van der Waals surface area contributed by atoms with Crippen LogP contribution in [0.15, 0.2) is 18.2 Å². The molecule has 0 saturated carbocycles. The largest absolute Gasteiger partial charge is 0.497 e. The van der Waals surface area contributed by atoms with Crippen LogP contribution in [0.2, 0.25) is 0 Å². The van der Waals surface area contributed by atoms with Gasteiger partial charge in [0.05, 0.1) is 19.8 Å². The molecule has 25 heavy (non-hydrogen) atoms. The van der Waals surface area contributed by atoms with Crippen LogP contribution >= 0.6 is 0 Å². The van der Waals surface area contributed by atoms with Crippen LogP contribution in [0.5, 0.6) is 11.5 Å².